The summed E-state index contributed by atoms with van der Waals surface area (Å²) in [7, 11) is 0. The van der Waals surface area contributed by atoms with Gasteiger partial charge in [-0.3, -0.25) is 0 Å². The standard InChI is InChI=1S/C22H24O9/c23-11-17-19(26)20(27)21(28)22(31-17)30-16-8-7-15(24)10-14(16)12-29-18(25)9-6-13-4-2-1-3-5-13/h1-10,17,19-24,26-28H,11-12H2/b9-6+/t17-,19-,20+,21-,22-/m1/s1. The number of ether oxygens (including phenoxy) is 3. The molecule has 5 atom stereocenters. The first-order valence-corrected chi connectivity index (χ1v) is 9.58. The van der Waals surface area contributed by atoms with E-state index < -0.39 is 43.3 Å². The fraction of sp³-hybridized carbons (Fsp3) is 0.318. The third kappa shape index (κ3) is 5.81. The van der Waals surface area contributed by atoms with Crippen LogP contribution in [0.15, 0.2) is 54.6 Å². The molecule has 0 aliphatic carbocycles. The lowest BCUT2D eigenvalue weighted by Crippen LogP contribution is -2.60. The van der Waals surface area contributed by atoms with Crippen LogP contribution in [0.3, 0.4) is 0 Å². The van der Waals surface area contributed by atoms with Crippen molar-refractivity contribution in [2.75, 3.05) is 6.61 Å². The van der Waals surface area contributed by atoms with Crippen LogP contribution in [0.25, 0.3) is 6.08 Å². The smallest absolute Gasteiger partial charge is 0.331 e. The molecule has 1 aliphatic rings. The maximum atomic E-state index is 12.0. The van der Waals surface area contributed by atoms with E-state index in [1.54, 1.807) is 6.08 Å². The number of aliphatic hydroxyl groups excluding tert-OH is 4. The van der Waals surface area contributed by atoms with E-state index in [4.69, 9.17) is 14.2 Å². The van der Waals surface area contributed by atoms with Crippen molar-refractivity contribution in [3.8, 4) is 11.5 Å². The normalized spacial score (nSPS) is 26.0. The van der Waals surface area contributed by atoms with Crippen LogP contribution in [-0.4, -0.2) is 68.8 Å². The fourth-order valence-electron chi connectivity index (χ4n) is 3.01. The van der Waals surface area contributed by atoms with Crippen LogP contribution < -0.4 is 4.74 Å². The largest absolute Gasteiger partial charge is 0.508 e. The number of aliphatic hydroxyl groups is 4. The van der Waals surface area contributed by atoms with Gasteiger partial charge in [-0.15, -0.1) is 0 Å². The van der Waals surface area contributed by atoms with Crippen molar-refractivity contribution in [1.82, 2.24) is 0 Å². The lowest BCUT2D eigenvalue weighted by atomic mass is 9.99. The molecule has 5 N–H and O–H groups in total. The van der Waals surface area contributed by atoms with Crippen LogP contribution in [0.4, 0.5) is 0 Å². The highest BCUT2D eigenvalue weighted by Crippen LogP contribution is 2.29. The number of phenolic OH excluding ortho intramolecular Hbond substituents is 1. The van der Waals surface area contributed by atoms with Gasteiger partial charge in [0.2, 0.25) is 6.29 Å². The van der Waals surface area contributed by atoms with Crippen molar-refractivity contribution in [3.63, 3.8) is 0 Å². The third-order valence-corrected chi connectivity index (χ3v) is 4.72. The van der Waals surface area contributed by atoms with Crippen LogP contribution in [0, 0.1) is 0 Å². The predicted octanol–water partition coefficient (Wildman–Crippen LogP) is 0.327. The topological polar surface area (TPSA) is 146 Å². The Balaban J connectivity index is 1.68. The van der Waals surface area contributed by atoms with Crippen LogP contribution in [-0.2, 0) is 20.9 Å². The van der Waals surface area contributed by atoms with Crippen LogP contribution in [0.5, 0.6) is 11.5 Å². The van der Waals surface area contributed by atoms with Gasteiger partial charge in [-0.25, -0.2) is 4.79 Å². The lowest BCUT2D eigenvalue weighted by molar-refractivity contribution is -0.277. The number of aromatic hydroxyl groups is 1. The van der Waals surface area contributed by atoms with Crippen molar-refractivity contribution in [1.29, 1.82) is 0 Å². The van der Waals surface area contributed by atoms with E-state index in [9.17, 15) is 30.3 Å². The van der Waals surface area contributed by atoms with Crippen LogP contribution >= 0.6 is 0 Å². The van der Waals surface area contributed by atoms with Gasteiger partial charge >= 0.3 is 5.97 Å². The van der Waals surface area contributed by atoms with Crippen molar-refractivity contribution in [2.45, 2.75) is 37.3 Å². The number of hydrogen-bond acceptors (Lipinski definition) is 9. The van der Waals surface area contributed by atoms with E-state index in [0.29, 0.717) is 0 Å². The Bertz CT molecular complexity index is 897. The number of phenols is 1. The summed E-state index contributed by atoms with van der Waals surface area (Å²) in [6.45, 7) is -0.849. The molecule has 9 nitrogen and oxygen atoms in total. The monoisotopic (exact) mass is 432 g/mol. The molecule has 0 bridgehead atoms. The van der Waals surface area contributed by atoms with Crippen LogP contribution in [0.1, 0.15) is 11.1 Å². The summed E-state index contributed by atoms with van der Waals surface area (Å²) < 4.78 is 16.1. The summed E-state index contributed by atoms with van der Waals surface area (Å²) in [5.41, 5.74) is 1.10. The quantitative estimate of drug-likeness (QED) is 0.308. The molecule has 2 aromatic rings. The second kappa shape index (κ2) is 10.4. The first-order valence-electron chi connectivity index (χ1n) is 9.58. The molecule has 1 fully saturated rings. The van der Waals surface area contributed by atoms with Gasteiger partial charge in [-0.1, -0.05) is 30.3 Å². The highest BCUT2D eigenvalue weighted by Gasteiger charge is 2.44. The van der Waals surface area contributed by atoms with E-state index in [-0.39, 0.29) is 23.7 Å². The molecule has 9 heteroatoms. The number of carbonyl (C=O) groups is 1. The third-order valence-electron chi connectivity index (χ3n) is 4.72. The summed E-state index contributed by atoms with van der Waals surface area (Å²) in [6, 6.07) is 13.2. The predicted molar refractivity (Wildman–Crippen MR) is 108 cm³/mol. The molecule has 31 heavy (non-hydrogen) atoms. The lowest BCUT2D eigenvalue weighted by Gasteiger charge is -2.39. The molecular formula is C22H24O9. The number of carbonyl (C=O) groups excluding carboxylic acids is 1. The number of esters is 1. The number of benzene rings is 2. The first-order chi connectivity index (χ1) is 14.9. The van der Waals surface area contributed by atoms with Crippen molar-refractivity contribution < 1.29 is 44.5 Å². The molecule has 0 spiro atoms. The molecule has 166 valence electrons. The minimum Gasteiger partial charge on any atom is -0.508 e. The second-order valence-corrected chi connectivity index (χ2v) is 6.96. The zero-order valence-corrected chi connectivity index (χ0v) is 16.4. The van der Waals surface area contributed by atoms with Gasteiger partial charge in [0, 0.05) is 11.6 Å². The Morgan fingerprint density at radius 1 is 1.03 bits per heavy atom. The molecule has 0 aromatic heterocycles. The van der Waals surface area contributed by atoms with Gasteiger partial charge in [0.25, 0.3) is 0 Å². The Morgan fingerprint density at radius 2 is 1.77 bits per heavy atom. The van der Waals surface area contributed by atoms with Crippen molar-refractivity contribution in [3.05, 3.63) is 65.7 Å². The molecule has 1 heterocycles. The van der Waals surface area contributed by atoms with Gasteiger partial charge in [-0.2, -0.15) is 0 Å². The molecule has 1 saturated heterocycles. The highest BCUT2D eigenvalue weighted by atomic mass is 16.7. The molecule has 2 aromatic carbocycles. The molecule has 0 unspecified atom stereocenters. The van der Waals surface area contributed by atoms with Gasteiger partial charge in [0.05, 0.1) is 6.61 Å². The molecule has 3 rings (SSSR count). The Kier molecular flexibility index (Phi) is 7.61. The van der Waals surface area contributed by atoms with Crippen molar-refractivity contribution >= 4 is 12.0 Å². The Labute approximate surface area is 178 Å². The van der Waals surface area contributed by atoms with Gasteiger partial charge in [-0.05, 0) is 29.8 Å². The number of rotatable bonds is 7. The summed E-state index contributed by atoms with van der Waals surface area (Å²) in [5, 5.41) is 49.0. The molecule has 0 amide bonds. The SMILES string of the molecule is O=C(/C=C/c1ccccc1)OCc1cc(O)ccc1O[C@@H]1O[C@H](CO)[C@@H](O)[C@H](O)[C@H]1O. The molecular weight excluding hydrogens is 408 g/mol. The minimum atomic E-state index is -1.60. The first kappa shape index (κ1) is 22.7. The van der Waals surface area contributed by atoms with Gasteiger partial charge in [0.1, 0.15) is 42.5 Å². The van der Waals surface area contributed by atoms with Crippen molar-refractivity contribution in [2.24, 2.45) is 0 Å². The average molecular weight is 432 g/mol. The highest BCUT2D eigenvalue weighted by molar-refractivity contribution is 5.87. The van der Waals surface area contributed by atoms with E-state index in [1.165, 1.54) is 24.3 Å². The Hall–Kier alpha value is -2.95. The van der Waals surface area contributed by atoms with Crippen LogP contribution in [0.2, 0.25) is 0 Å². The van der Waals surface area contributed by atoms with E-state index >= 15 is 0 Å². The van der Waals surface area contributed by atoms with Gasteiger partial charge in [0.15, 0.2) is 0 Å². The average Bonchev–Trinajstić information content (AvgIpc) is 2.78. The zero-order chi connectivity index (χ0) is 22.4. The second-order valence-electron chi connectivity index (χ2n) is 6.96. The van der Waals surface area contributed by atoms with E-state index in [0.717, 1.165) is 5.56 Å². The number of hydrogen-bond donors (Lipinski definition) is 5. The summed E-state index contributed by atoms with van der Waals surface area (Å²) in [5.74, 6) is -0.611. The molecule has 0 radical (unpaired) electrons. The van der Waals surface area contributed by atoms with E-state index in [2.05, 4.69) is 0 Å². The maximum Gasteiger partial charge on any atom is 0.331 e. The molecule has 0 saturated carbocycles. The van der Waals surface area contributed by atoms with E-state index in [1.807, 2.05) is 30.3 Å². The Morgan fingerprint density at radius 3 is 2.48 bits per heavy atom. The minimum absolute atomic E-state index is 0.105. The zero-order valence-electron chi connectivity index (χ0n) is 16.4. The van der Waals surface area contributed by atoms with Gasteiger partial charge < -0.3 is 39.7 Å². The summed E-state index contributed by atoms with van der Waals surface area (Å²) in [6.07, 6.45) is -4.41. The maximum absolute atomic E-state index is 12.0. The summed E-state index contributed by atoms with van der Waals surface area (Å²) >= 11 is 0. The molecule has 1 aliphatic heterocycles. The fourth-order valence-corrected chi connectivity index (χ4v) is 3.01. The summed E-state index contributed by atoms with van der Waals surface area (Å²) in [4.78, 5) is 12.0.